The molecule has 0 spiro atoms. The first kappa shape index (κ1) is 9.03. The number of hydrogen-bond acceptors (Lipinski definition) is 2. The number of methoxy groups -OCH3 is 1. The van der Waals surface area contributed by atoms with Gasteiger partial charge in [-0.3, -0.25) is 0 Å². The van der Waals surface area contributed by atoms with Crippen LogP contribution in [0.25, 0.3) is 10.8 Å². The Labute approximate surface area is 82.8 Å². The van der Waals surface area contributed by atoms with Crippen molar-refractivity contribution in [3.8, 4) is 5.75 Å². The lowest BCUT2D eigenvalue weighted by molar-refractivity contribution is 0.185. The predicted octanol–water partition coefficient (Wildman–Crippen LogP) is 2.69. The van der Waals surface area contributed by atoms with Crippen LogP contribution in [0.15, 0.2) is 36.4 Å². The van der Waals surface area contributed by atoms with E-state index in [0.717, 1.165) is 16.3 Å². The average molecular weight is 188 g/mol. The minimum absolute atomic E-state index is 0.303. The van der Waals surface area contributed by atoms with E-state index in [-0.39, 0.29) is 0 Å². The third kappa shape index (κ3) is 1.70. The summed E-state index contributed by atoms with van der Waals surface area (Å²) in [6, 6.07) is 11.4. The van der Waals surface area contributed by atoms with Crippen LogP contribution in [0.5, 0.6) is 5.75 Å². The summed E-state index contributed by atoms with van der Waals surface area (Å²) < 4.78 is 5.05. The van der Waals surface area contributed by atoms with E-state index in [1.807, 2.05) is 18.2 Å². The summed E-state index contributed by atoms with van der Waals surface area (Å²) >= 11 is 0. The molecular weight excluding hydrogens is 176 g/mol. The van der Waals surface area contributed by atoms with Gasteiger partial charge in [-0.15, -0.1) is 0 Å². The first-order valence-electron chi connectivity index (χ1n) is 4.50. The molecule has 0 bridgehead atoms. The van der Waals surface area contributed by atoms with Crippen LogP contribution in [0.2, 0.25) is 0 Å². The third-order valence-corrected chi connectivity index (χ3v) is 2.20. The van der Waals surface area contributed by atoms with Gasteiger partial charge in [-0.2, -0.15) is 0 Å². The van der Waals surface area contributed by atoms with Crippen molar-refractivity contribution in [2.45, 2.75) is 6.61 Å². The molecular formula is C12H12O2. The van der Waals surface area contributed by atoms with E-state index < -0.39 is 0 Å². The predicted molar refractivity (Wildman–Crippen MR) is 56.3 cm³/mol. The van der Waals surface area contributed by atoms with Crippen LogP contribution in [0.4, 0.5) is 0 Å². The van der Waals surface area contributed by atoms with E-state index in [1.54, 1.807) is 19.2 Å². The Kier molecular flexibility index (Phi) is 2.37. The van der Waals surface area contributed by atoms with Gasteiger partial charge in [0, 0.05) is 7.11 Å². The molecule has 2 heteroatoms. The maximum Gasteiger partial charge on any atom is 0.116 e. The van der Waals surface area contributed by atoms with E-state index in [0.29, 0.717) is 12.4 Å². The molecule has 0 fully saturated rings. The molecule has 0 aliphatic rings. The second-order valence-corrected chi connectivity index (χ2v) is 3.30. The summed E-state index contributed by atoms with van der Waals surface area (Å²) in [6.45, 7) is 0.622. The highest BCUT2D eigenvalue weighted by Gasteiger charge is 1.97. The molecule has 0 saturated carbocycles. The van der Waals surface area contributed by atoms with Gasteiger partial charge < -0.3 is 9.84 Å². The van der Waals surface area contributed by atoms with Crippen molar-refractivity contribution in [2.24, 2.45) is 0 Å². The quantitative estimate of drug-likeness (QED) is 0.785. The fourth-order valence-electron chi connectivity index (χ4n) is 1.54. The smallest absolute Gasteiger partial charge is 0.116 e. The van der Waals surface area contributed by atoms with Crippen LogP contribution in [0.1, 0.15) is 5.56 Å². The molecule has 0 heterocycles. The van der Waals surface area contributed by atoms with Gasteiger partial charge in [-0.25, -0.2) is 0 Å². The number of hydrogen-bond donors (Lipinski definition) is 1. The van der Waals surface area contributed by atoms with Crippen LogP contribution in [0, 0.1) is 0 Å². The standard InChI is InChI=1S/C12H12O2/c1-14-8-9-2-3-11-7-12(13)5-4-10(11)6-9/h2-7,13H,8H2,1H3. The molecule has 0 atom stereocenters. The SMILES string of the molecule is COCc1ccc2cc(O)ccc2c1. The lowest BCUT2D eigenvalue weighted by atomic mass is 10.1. The molecule has 0 aliphatic carbocycles. The molecule has 72 valence electrons. The molecule has 0 amide bonds. The monoisotopic (exact) mass is 188 g/mol. The Hall–Kier alpha value is -1.54. The van der Waals surface area contributed by atoms with Crippen LogP contribution >= 0.6 is 0 Å². The molecule has 1 N–H and O–H groups in total. The number of rotatable bonds is 2. The minimum atomic E-state index is 0.303. The number of ether oxygens (including phenoxy) is 1. The number of phenols is 1. The van der Waals surface area contributed by atoms with Gasteiger partial charge in [0.1, 0.15) is 5.75 Å². The van der Waals surface area contributed by atoms with Gasteiger partial charge in [0.2, 0.25) is 0 Å². The average Bonchev–Trinajstić information content (AvgIpc) is 2.19. The largest absolute Gasteiger partial charge is 0.508 e. The Bertz CT molecular complexity index is 449. The summed E-state index contributed by atoms with van der Waals surface area (Å²) in [4.78, 5) is 0. The first-order chi connectivity index (χ1) is 6.79. The first-order valence-corrected chi connectivity index (χ1v) is 4.50. The van der Waals surface area contributed by atoms with Crippen molar-refractivity contribution in [3.63, 3.8) is 0 Å². The zero-order valence-electron chi connectivity index (χ0n) is 8.03. The number of benzene rings is 2. The fraction of sp³-hybridized carbons (Fsp3) is 0.167. The zero-order valence-corrected chi connectivity index (χ0v) is 8.03. The van der Waals surface area contributed by atoms with Crippen molar-refractivity contribution in [1.82, 2.24) is 0 Å². The molecule has 0 aliphatic heterocycles. The second-order valence-electron chi connectivity index (χ2n) is 3.30. The number of aromatic hydroxyl groups is 1. The molecule has 2 aromatic carbocycles. The number of fused-ring (bicyclic) bond motifs is 1. The second kappa shape index (κ2) is 3.68. The maximum absolute atomic E-state index is 9.28. The van der Waals surface area contributed by atoms with Crippen LogP contribution < -0.4 is 0 Å². The highest BCUT2D eigenvalue weighted by atomic mass is 16.5. The summed E-state index contributed by atoms with van der Waals surface area (Å²) in [6.07, 6.45) is 0. The highest BCUT2D eigenvalue weighted by Crippen LogP contribution is 2.21. The van der Waals surface area contributed by atoms with Crippen molar-refractivity contribution in [3.05, 3.63) is 42.0 Å². The summed E-state index contributed by atoms with van der Waals surface area (Å²) in [5.41, 5.74) is 1.14. The van der Waals surface area contributed by atoms with Crippen LogP contribution in [-0.4, -0.2) is 12.2 Å². The Morgan fingerprint density at radius 3 is 2.57 bits per heavy atom. The molecule has 2 aromatic rings. The molecule has 0 aromatic heterocycles. The summed E-state index contributed by atoms with van der Waals surface area (Å²) in [7, 11) is 1.68. The van der Waals surface area contributed by atoms with Gasteiger partial charge in [0.05, 0.1) is 6.61 Å². The Morgan fingerprint density at radius 1 is 1.07 bits per heavy atom. The van der Waals surface area contributed by atoms with Crippen molar-refractivity contribution >= 4 is 10.8 Å². The van der Waals surface area contributed by atoms with Gasteiger partial charge in [0.25, 0.3) is 0 Å². The van der Waals surface area contributed by atoms with E-state index in [1.165, 1.54) is 0 Å². The van der Waals surface area contributed by atoms with Gasteiger partial charge in [-0.1, -0.05) is 18.2 Å². The Balaban J connectivity index is 2.50. The van der Waals surface area contributed by atoms with Crippen LogP contribution in [-0.2, 0) is 11.3 Å². The molecule has 0 saturated heterocycles. The van der Waals surface area contributed by atoms with E-state index in [4.69, 9.17) is 4.74 Å². The third-order valence-electron chi connectivity index (χ3n) is 2.20. The highest BCUT2D eigenvalue weighted by molar-refractivity contribution is 5.84. The normalized spacial score (nSPS) is 10.6. The molecule has 2 nitrogen and oxygen atoms in total. The molecule has 0 unspecified atom stereocenters. The molecule has 2 rings (SSSR count). The summed E-state index contributed by atoms with van der Waals surface area (Å²) in [5, 5.41) is 11.4. The van der Waals surface area contributed by atoms with E-state index in [2.05, 4.69) is 6.07 Å². The van der Waals surface area contributed by atoms with Crippen LogP contribution in [0.3, 0.4) is 0 Å². The van der Waals surface area contributed by atoms with E-state index >= 15 is 0 Å². The molecule has 0 radical (unpaired) electrons. The van der Waals surface area contributed by atoms with Crippen molar-refractivity contribution in [2.75, 3.05) is 7.11 Å². The minimum Gasteiger partial charge on any atom is -0.508 e. The Morgan fingerprint density at radius 2 is 1.79 bits per heavy atom. The van der Waals surface area contributed by atoms with Crippen molar-refractivity contribution < 1.29 is 9.84 Å². The van der Waals surface area contributed by atoms with Crippen molar-refractivity contribution in [1.29, 1.82) is 0 Å². The fourth-order valence-corrected chi connectivity index (χ4v) is 1.54. The van der Waals surface area contributed by atoms with Gasteiger partial charge in [0.15, 0.2) is 0 Å². The molecule has 14 heavy (non-hydrogen) atoms. The topological polar surface area (TPSA) is 29.5 Å². The summed E-state index contributed by atoms with van der Waals surface area (Å²) in [5.74, 6) is 0.303. The van der Waals surface area contributed by atoms with Gasteiger partial charge >= 0.3 is 0 Å². The maximum atomic E-state index is 9.28. The van der Waals surface area contributed by atoms with E-state index in [9.17, 15) is 5.11 Å². The lowest BCUT2D eigenvalue weighted by Crippen LogP contribution is -1.86. The lowest BCUT2D eigenvalue weighted by Gasteiger charge is -2.02. The van der Waals surface area contributed by atoms with Gasteiger partial charge in [-0.05, 0) is 34.5 Å². The zero-order chi connectivity index (χ0) is 9.97. The number of phenolic OH excluding ortho intramolecular Hbond substituents is 1.